The fraction of sp³-hybridized carbons (Fsp3) is 0.692. The molecule has 0 heterocycles. The zero-order valence-corrected chi connectivity index (χ0v) is 19.6. The van der Waals surface area contributed by atoms with Crippen LogP contribution in [0.1, 0.15) is 97.8 Å². The Morgan fingerprint density at radius 1 is 0.900 bits per heavy atom. The van der Waals surface area contributed by atoms with E-state index in [0.717, 1.165) is 70.8 Å². The van der Waals surface area contributed by atoms with E-state index in [9.17, 15) is 9.59 Å². The van der Waals surface area contributed by atoms with Gasteiger partial charge in [0.2, 0.25) is 11.8 Å². The zero-order chi connectivity index (χ0) is 22.0. The van der Waals surface area contributed by atoms with Crippen LogP contribution in [0.5, 0.6) is 0 Å². The van der Waals surface area contributed by atoms with Crippen LogP contribution in [-0.4, -0.2) is 35.3 Å². The van der Waals surface area contributed by atoms with Gasteiger partial charge in [-0.15, -0.1) is 0 Å². The maximum Gasteiger partial charge on any atom is 0.222 e. The first-order valence-corrected chi connectivity index (χ1v) is 12.1. The summed E-state index contributed by atoms with van der Waals surface area (Å²) in [6, 6.07) is 0.742. The van der Waals surface area contributed by atoms with E-state index >= 15 is 0 Å². The Morgan fingerprint density at radius 2 is 1.53 bits per heavy atom. The minimum Gasteiger partial charge on any atom is -0.353 e. The van der Waals surface area contributed by atoms with Gasteiger partial charge in [0.15, 0.2) is 0 Å². The molecule has 170 valence electrons. The number of allylic oxidation sites excluding steroid dienone is 5. The minimum absolute atomic E-state index is 0.204. The average Bonchev–Trinajstić information content (AvgIpc) is 3.52. The van der Waals surface area contributed by atoms with Crippen LogP contribution < -0.4 is 5.32 Å². The molecule has 0 aliphatic heterocycles. The molecule has 30 heavy (non-hydrogen) atoms. The van der Waals surface area contributed by atoms with E-state index in [2.05, 4.69) is 62.5 Å². The molecular weight excluding hydrogens is 372 g/mol. The number of nitrogens with one attached hydrogen (secondary N) is 1. The zero-order valence-electron chi connectivity index (χ0n) is 19.6. The van der Waals surface area contributed by atoms with E-state index in [-0.39, 0.29) is 11.9 Å². The number of hydrogen-bond donors (Lipinski definition) is 1. The Kier molecular flexibility index (Phi) is 14.8. The molecule has 4 heteroatoms. The summed E-state index contributed by atoms with van der Waals surface area (Å²) in [5.74, 6) is 0.497. The maximum atomic E-state index is 12.3. The smallest absolute Gasteiger partial charge is 0.222 e. The second kappa shape index (κ2) is 16.9. The van der Waals surface area contributed by atoms with Crippen molar-refractivity contribution in [2.75, 3.05) is 6.54 Å². The normalized spacial score (nSPS) is 14.4. The van der Waals surface area contributed by atoms with Crippen LogP contribution in [0.25, 0.3) is 0 Å². The predicted molar refractivity (Wildman–Crippen MR) is 127 cm³/mol. The number of nitrogens with zero attached hydrogens (tertiary/aromatic N) is 1. The maximum absolute atomic E-state index is 12.3. The summed E-state index contributed by atoms with van der Waals surface area (Å²) >= 11 is 0. The van der Waals surface area contributed by atoms with Crippen molar-refractivity contribution in [1.29, 1.82) is 0 Å². The highest BCUT2D eigenvalue weighted by Crippen LogP contribution is 2.18. The van der Waals surface area contributed by atoms with Gasteiger partial charge in [0.05, 0.1) is 0 Å². The Balaban J connectivity index is 2.04. The molecule has 0 radical (unpaired) electrons. The molecular formula is C26H44N2O2. The number of carbonyl (C=O) groups excluding carboxylic acids is 2. The first kappa shape index (κ1) is 26.2. The van der Waals surface area contributed by atoms with Crippen LogP contribution in [0.4, 0.5) is 0 Å². The van der Waals surface area contributed by atoms with Gasteiger partial charge >= 0.3 is 0 Å². The van der Waals surface area contributed by atoms with Gasteiger partial charge < -0.3 is 10.2 Å². The highest BCUT2D eigenvalue weighted by Gasteiger charge is 2.22. The van der Waals surface area contributed by atoms with Crippen molar-refractivity contribution in [2.45, 2.75) is 110 Å². The van der Waals surface area contributed by atoms with E-state index in [1.807, 2.05) is 4.90 Å². The highest BCUT2D eigenvalue weighted by molar-refractivity contribution is 5.76. The molecule has 0 aromatic rings. The van der Waals surface area contributed by atoms with Crippen molar-refractivity contribution < 1.29 is 9.59 Å². The number of unbranched alkanes of at least 4 members (excludes halogenated alkanes) is 3. The molecule has 1 aliphatic rings. The van der Waals surface area contributed by atoms with E-state index < -0.39 is 0 Å². The summed E-state index contributed by atoms with van der Waals surface area (Å²) in [6.45, 7) is 7.17. The van der Waals surface area contributed by atoms with E-state index in [1.54, 1.807) is 0 Å². The van der Waals surface area contributed by atoms with Gasteiger partial charge in [-0.2, -0.15) is 0 Å². The van der Waals surface area contributed by atoms with Crippen molar-refractivity contribution in [2.24, 2.45) is 0 Å². The number of hydrogen-bond acceptors (Lipinski definition) is 2. The summed E-state index contributed by atoms with van der Waals surface area (Å²) in [4.78, 5) is 25.9. The summed E-state index contributed by atoms with van der Waals surface area (Å²) < 4.78 is 0. The second-order valence-electron chi connectivity index (χ2n) is 8.55. The van der Waals surface area contributed by atoms with Crippen LogP contribution in [0, 0.1) is 0 Å². The molecule has 0 spiro atoms. The van der Waals surface area contributed by atoms with Crippen molar-refractivity contribution in [3.05, 3.63) is 36.5 Å². The lowest BCUT2D eigenvalue weighted by atomic mass is 10.1. The summed E-state index contributed by atoms with van der Waals surface area (Å²) in [5.41, 5.74) is 0. The molecule has 1 rings (SSSR count). The summed E-state index contributed by atoms with van der Waals surface area (Å²) in [5, 5.41) is 3.02. The first-order valence-electron chi connectivity index (χ1n) is 12.1. The molecule has 0 bridgehead atoms. The van der Waals surface area contributed by atoms with Crippen LogP contribution in [0.15, 0.2) is 36.5 Å². The van der Waals surface area contributed by atoms with Gasteiger partial charge in [-0.3, -0.25) is 9.59 Å². The molecule has 0 aromatic carbocycles. The lowest BCUT2D eigenvalue weighted by Gasteiger charge is -2.26. The monoisotopic (exact) mass is 416 g/mol. The molecule has 4 nitrogen and oxygen atoms in total. The number of rotatable bonds is 17. The molecule has 1 fully saturated rings. The lowest BCUT2D eigenvalue weighted by Crippen LogP contribution is -2.37. The lowest BCUT2D eigenvalue weighted by molar-refractivity contribution is -0.133. The Hall–Kier alpha value is -1.84. The van der Waals surface area contributed by atoms with E-state index in [1.165, 1.54) is 0 Å². The SMILES string of the molecule is CCCCCC(=O)N(CC/C=C\C/C=C\C/C=C\CCCC(=O)NC1CC1)C(C)C. The van der Waals surface area contributed by atoms with Gasteiger partial charge in [0, 0.05) is 31.5 Å². The fourth-order valence-electron chi connectivity index (χ4n) is 3.24. The Morgan fingerprint density at radius 3 is 2.13 bits per heavy atom. The fourth-order valence-corrected chi connectivity index (χ4v) is 3.24. The standard InChI is InChI=1S/C26H44N2O2/c1-4-5-15-19-26(30)28(23(2)3)22-17-14-12-10-8-6-7-9-11-13-16-18-25(29)27-24-20-21-24/h6,8-9,11-12,14,23-24H,4-5,7,10,13,15-22H2,1-3H3,(H,27,29)/b8-6-,11-9-,14-12-. The molecule has 0 atom stereocenters. The minimum atomic E-state index is 0.204. The van der Waals surface area contributed by atoms with E-state index in [0.29, 0.717) is 24.8 Å². The molecule has 0 unspecified atom stereocenters. The summed E-state index contributed by atoms with van der Waals surface area (Å²) in [6.07, 6.45) is 24.7. The van der Waals surface area contributed by atoms with Crippen molar-refractivity contribution in [1.82, 2.24) is 10.2 Å². The molecule has 1 saturated carbocycles. The molecule has 0 saturated heterocycles. The second-order valence-corrected chi connectivity index (χ2v) is 8.55. The largest absolute Gasteiger partial charge is 0.353 e. The Labute approximate surface area is 184 Å². The van der Waals surface area contributed by atoms with E-state index in [4.69, 9.17) is 0 Å². The molecule has 0 aromatic heterocycles. The highest BCUT2D eigenvalue weighted by atomic mass is 16.2. The van der Waals surface area contributed by atoms with Crippen LogP contribution in [0.3, 0.4) is 0 Å². The van der Waals surface area contributed by atoms with Crippen LogP contribution in [-0.2, 0) is 9.59 Å². The van der Waals surface area contributed by atoms with Crippen molar-refractivity contribution >= 4 is 11.8 Å². The molecule has 1 aliphatic carbocycles. The third kappa shape index (κ3) is 14.2. The average molecular weight is 417 g/mol. The first-order chi connectivity index (χ1) is 14.5. The quantitative estimate of drug-likeness (QED) is 0.230. The topological polar surface area (TPSA) is 49.4 Å². The van der Waals surface area contributed by atoms with Crippen molar-refractivity contribution in [3.63, 3.8) is 0 Å². The number of amides is 2. The molecule has 2 amide bonds. The Bertz CT molecular complexity index is 559. The predicted octanol–water partition coefficient (Wildman–Crippen LogP) is 6.09. The van der Waals surface area contributed by atoms with Crippen LogP contribution in [0.2, 0.25) is 0 Å². The van der Waals surface area contributed by atoms with Crippen molar-refractivity contribution in [3.8, 4) is 0 Å². The van der Waals surface area contributed by atoms with Gasteiger partial charge in [-0.25, -0.2) is 0 Å². The van der Waals surface area contributed by atoms with Gasteiger partial charge in [-0.05, 0) is 65.2 Å². The van der Waals surface area contributed by atoms with Gasteiger partial charge in [0.1, 0.15) is 0 Å². The number of carbonyl (C=O) groups is 2. The van der Waals surface area contributed by atoms with Gasteiger partial charge in [0.25, 0.3) is 0 Å². The van der Waals surface area contributed by atoms with Crippen LogP contribution >= 0.6 is 0 Å². The third-order valence-electron chi connectivity index (χ3n) is 5.24. The third-order valence-corrected chi connectivity index (χ3v) is 5.24. The van der Waals surface area contributed by atoms with Gasteiger partial charge in [-0.1, -0.05) is 56.2 Å². The summed E-state index contributed by atoms with van der Waals surface area (Å²) in [7, 11) is 0. The molecule has 1 N–H and O–H groups in total.